The molecule has 18 heavy (non-hydrogen) atoms. The van der Waals surface area contributed by atoms with Crippen molar-refractivity contribution >= 4 is 17.4 Å². The van der Waals surface area contributed by atoms with Gasteiger partial charge in [-0.1, -0.05) is 18.2 Å². The predicted molar refractivity (Wildman–Crippen MR) is 71.9 cm³/mol. The molecular weight excluding hydrogens is 228 g/mol. The van der Waals surface area contributed by atoms with Gasteiger partial charge in [0.1, 0.15) is 5.75 Å². The zero-order valence-electron chi connectivity index (χ0n) is 9.97. The van der Waals surface area contributed by atoms with Crippen LogP contribution in [0.25, 0.3) is 0 Å². The van der Waals surface area contributed by atoms with Crippen LogP contribution in [0.5, 0.6) is 5.75 Å². The summed E-state index contributed by atoms with van der Waals surface area (Å²) in [6.07, 6.45) is 0. The third kappa shape index (κ3) is 3.01. The number of hydrogen-bond donors (Lipinski definition) is 3. The quantitative estimate of drug-likeness (QED) is 0.707. The number of aryl methyl sites for hydroxylation is 1. The van der Waals surface area contributed by atoms with E-state index in [1.807, 2.05) is 30.3 Å². The van der Waals surface area contributed by atoms with E-state index in [4.69, 9.17) is 0 Å². The van der Waals surface area contributed by atoms with Crippen molar-refractivity contribution in [2.24, 2.45) is 0 Å². The molecule has 0 aliphatic heterocycles. The van der Waals surface area contributed by atoms with E-state index in [1.54, 1.807) is 25.1 Å². The van der Waals surface area contributed by atoms with Gasteiger partial charge in [-0.15, -0.1) is 0 Å². The molecule has 0 aromatic heterocycles. The second kappa shape index (κ2) is 5.23. The predicted octanol–water partition coefficient (Wildman–Crippen LogP) is 3.34. The number of phenols is 1. The first-order valence-electron chi connectivity index (χ1n) is 5.58. The number of urea groups is 1. The standard InChI is InChI=1S/C14H14N2O2/c1-10-9-12(7-8-13(10)17)16-14(18)15-11-5-3-2-4-6-11/h2-9,17H,1H3,(H2,15,16,18). The number of nitrogens with one attached hydrogen (secondary N) is 2. The maximum absolute atomic E-state index is 11.7. The van der Waals surface area contributed by atoms with Gasteiger partial charge in [0.2, 0.25) is 0 Å². The van der Waals surface area contributed by atoms with E-state index in [-0.39, 0.29) is 11.8 Å². The molecule has 0 radical (unpaired) electrons. The van der Waals surface area contributed by atoms with E-state index < -0.39 is 0 Å². The average Bonchev–Trinajstić information content (AvgIpc) is 2.35. The molecule has 0 saturated heterocycles. The number of anilines is 2. The van der Waals surface area contributed by atoms with Gasteiger partial charge in [0.05, 0.1) is 0 Å². The van der Waals surface area contributed by atoms with Crippen LogP contribution in [0.15, 0.2) is 48.5 Å². The smallest absolute Gasteiger partial charge is 0.323 e. The van der Waals surface area contributed by atoms with Crippen molar-refractivity contribution in [1.82, 2.24) is 0 Å². The fraction of sp³-hybridized carbons (Fsp3) is 0.0714. The molecule has 0 unspecified atom stereocenters. The third-order valence-electron chi connectivity index (χ3n) is 2.49. The van der Waals surface area contributed by atoms with Crippen LogP contribution in [0.4, 0.5) is 16.2 Å². The van der Waals surface area contributed by atoms with Crippen molar-refractivity contribution in [2.75, 3.05) is 10.6 Å². The van der Waals surface area contributed by atoms with Gasteiger partial charge in [-0.25, -0.2) is 4.79 Å². The number of carbonyl (C=O) groups excluding carboxylic acids is 1. The largest absolute Gasteiger partial charge is 0.508 e. The number of rotatable bonds is 2. The highest BCUT2D eigenvalue weighted by Gasteiger charge is 2.03. The van der Waals surface area contributed by atoms with Crippen molar-refractivity contribution < 1.29 is 9.90 Å². The summed E-state index contributed by atoms with van der Waals surface area (Å²) < 4.78 is 0. The van der Waals surface area contributed by atoms with Crippen LogP contribution in [0.3, 0.4) is 0 Å². The van der Waals surface area contributed by atoms with Crippen LogP contribution in [-0.2, 0) is 0 Å². The third-order valence-corrected chi connectivity index (χ3v) is 2.49. The van der Waals surface area contributed by atoms with Crippen molar-refractivity contribution in [3.8, 4) is 5.75 Å². The summed E-state index contributed by atoms with van der Waals surface area (Å²) in [7, 11) is 0. The molecule has 0 fully saturated rings. The lowest BCUT2D eigenvalue weighted by Gasteiger charge is -2.08. The Hall–Kier alpha value is -2.49. The van der Waals surface area contributed by atoms with Crippen LogP contribution in [-0.4, -0.2) is 11.1 Å². The van der Waals surface area contributed by atoms with Crippen LogP contribution in [0.2, 0.25) is 0 Å². The van der Waals surface area contributed by atoms with E-state index in [0.29, 0.717) is 11.3 Å². The van der Waals surface area contributed by atoms with Crippen LogP contribution >= 0.6 is 0 Å². The molecule has 92 valence electrons. The highest BCUT2D eigenvalue weighted by atomic mass is 16.3. The molecule has 2 rings (SSSR count). The first-order valence-corrected chi connectivity index (χ1v) is 5.58. The minimum absolute atomic E-state index is 0.212. The Kier molecular flexibility index (Phi) is 3.48. The molecule has 0 saturated carbocycles. The molecule has 0 heterocycles. The highest BCUT2D eigenvalue weighted by molar-refractivity contribution is 5.99. The zero-order valence-corrected chi connectivity index (χ0v) is 9.97. The molecule has 0 aliphatic carbocycles. The van der Waals surface area contributed by atoms with Crippen LogP contribution < -0.4 is 10.6 Å². The van der Waals surface area contributed by atoms with E-state index >= 15 is 0 Å². The molecule has 2 aromatic rings. The van der Waals surface area contributed by atoms with Gasteiger partial charge >= 0.3 is 6.03 Å². The molecule has 4 heteroatoms. The molecule has 3 N–H and O–H groups in total. The van der Waals surface area contributed by atoms with Gasteiger partial charge in [0, 0.05) is 11.4 Å². The normalized spacial score (nSPS) is 9.83. The molecular formula is C14H14N2O2. The summed E-state index contributed by atoms with van der Waals surface area (Å²) in [5.74, 6) is 0.212. The van der Waals surface area contributed by atoms with Crippen LogP contribution in [0.1, 0.15) is 5.56 Å². The second-order valence-corrected chi connectivity index (χ2v) is 3.95. The lowest BCUT2D eigenvalue weighted by Crippen LogP contribution is -2.19. The zero-order chi connectivity index (χ0) is 13.0. The van der Waals surface area contributed by atoms with E-state index in [2.05, 4.69) is 10.6 Å². The van der Waals surface area contributed by atoms with Crippen molar-refractivity contribution in [3.05, 3.63) is 54.1 Å². The minimum atomic E-state index is -0.314. The van der Waals surface area contributed by atoms with E-state index in [9.17, 15) is 9.90 Å². The van der Waals surface area contributed by atoms with Crippen molar-refractivity contribution in [1.29, 1.82) is 0 Å². The Bertz CT molecular complexity index is 553. The SMILES string of the molecule is Cc1cc(NC(=O)Nc2ccccc2)ccc1O. The number of benzene rings is 2. The second-order valence-electron chi connectivity index (χ2n) is 3.95. The van der Waals surface area contributed by atoms with Crippen molar-refractivity contribution in [3.63, 3.8) is 0 Å². The van der Waals surface area contributed by atoms with E-state index in [0.717, 1.165) is 5.69 Å². The maximum atomic E-state index is 11.7. The summed E-state index contributed by atoms with van der Waals surface area (Å²) in [5, 5.41) is 14.8. The van der Waals surface area contributed by atoms with Gasteiger partial charge in [0.15, 0.2) is 0 Å². The number of hydrogen-bond acceptors (Lipinski definition) is 2. The monoisotopic (exact) mass is 242 g/mol. The lowest BCUT2D eigenvalue weighted by atomic mass is 10.2. The number of carbonyl (C=O) groups is 1. The van der Waals surface area contributed by atoms with Gasteiger partial charge in [-0.3, -0.25) is 0 Å². The Morgan fingerprint density at radius 1 is 1.00 bits per heavy atom. The Labute approximate surface area is 105 Å². The van der Waals surface area contributed by atoms with Gasteiger partial charge in [-0.2, -0.15) is 0 Å². The number of amides is 2. The molecule has 2 aromatic carbocycles. The first-order chi connectivity index (χ1) is 8.65. The summed E-state index contributed by atoms with van der Waals surface area (Å²) in [6.45, 7) is 1.77. The van der Waals surface area contributed by atoms with Gasteiger partial charge in [0.25, 0.3) is 0 Å². The topological polar surface area (TPSA) is 61.4 Å². The van der Waals surface area contributed by atoms with Crippen molar-refractivity contribution in [2.45, 2.75) is 6.92 Å². The van der Waals surface area contributed by atoms with Crippen LogP contribution in [0, 0.1) is 6.92 Å². The van der Waals surface area contributed by atoms with E-state index in [1.165, 1.54) is 0 Å². The summed E-state index contributed by atoms with van der Waals surface area (Å²) in [6, 6.07) is 13.8. The Morgan fingerprint density at radius 2 is 1.67 bits per heavy atom. The average molecular weight is 242 g/mol. The summed E-state index contributed by atoms with van der Waals surface area (Å²) in [4.78, 5) is 11.7. The molecule has 2 amide bonds. The number of para-hydroxylation sites is 1. The summed E-state index contributed by atoms with van der Waals surface area (Å²) >= 11 is 0. The number of phenolic OH excluding ortho intramolecular Hbond substituents is 1. The molecule has 0 bridgehead atoms. The fourth-order valence-corrected chi connectivity index (χ4v) is 1.55. The Balaban J connectivity index is 2.01. The Morgan fingerprint density at radius 3 is 2.33 bits per heavy atom. The molecule has 0 atom stereocenters. The maximum Gasteiger partial charge on any atom is 0.323 e. The fourth-order valence-electron chi connectivity index (χ4n) is 1.55. The molecule has 0 spiro atoms. The first kappa shape index (κ1) is 12.0. The summed E-state index contributed by atoms with van der Waals surface area (Å²) in [5.41, 5.74) is 2.08. The minimum Gasteiger partial charge on any atom is -0.508 e. The van der Waals surface area contributed by atoms with Gasteiger partial charge < -0.3 is 15.7 Å². The molecule has 4 nitrogen and oxygen atoms in total. The molecule has 0 aliphatic rings. The van der Waals surface area contributed by atoms with Gasteiger partial charge in [-0.05, 0) is 42.8 Å². The number of aromatic hydroxyl groups is 1. The lowest BCUT2D eigenvalue weighted by molar-refractivity contribution is 0.262. The highest BCUT2D eigenvalue weighted by Crippen LogP contribution is 2.20.